The summed E-state index contributed by atoms with van der Waals surface area (Å²) in [6.45, 7) is 5.21. The molecule has 0 aliphatic carbocycles. The predicted octanol–water partition coefficient (Wildman–Crippen LogP) is 3.91. The molecule has 1 aliphatic rings. The van der Waals surface area contributed by atoms with Gasteiger partial charge in [0.05, 0.1) is 5.69 Å². The van der Waals surface area contributed by atoms with E-state index in [1.54, 1.807) is 0 Å². The van der Waals surface area contributed by atoms with Crippen LogP contribution in [0.4, 0.5) is 5.69 Å². The third-order valence-electron chi connectivity index (χ3n) is 3.82. The first-order valence-electron chi connectivity index (χ1n) is 7.03. The highest BCUT2D eigenvalue weighted by Crippen LogP contribution is 2.30. The Hall–Kier alpha value is -1.32. The van der Waals surface area contributed by atoms with Crippen molar-refractivity contribution >= 4 is 21.6 Å². The van der Waals surface area contributed by atoms with Crippen molar-refractivity contribution in [3.05, 3.63) is 64.1 Å². The van der Waals surface area contributed by atoms with Crippen LogP contribution < -0.4 is 10.2 Å². The molecule has 2 aromatic carbocycles. The predicted molar refractivity (Wildman–Crippen MR) is 88.3 cm³/mol. The fourth-order valence-electron chi connectivity index (χ4n) is 2.74. The number of nitrogens with one attached hydrogen (secondary N) is 1. The van der Waals surface area contributed by atoms with Gasteiger partial charge in [0.2, 0.25) is 0 Å². The van der Waals surface area contributed by atoms with Crippen molar-refractivity contribution in [1.82, 2.24) is 5.32 Å². The molecule has 0 radical (unpaired) electrons. The van der Waals surface area contributed by atoms with Crippen LogP contribution in [0.1, 0.15) is 17.2 Å². The SMILES string of the molecule is Cc1ccc(Br)c(N2CCNC(c3ccccc3)C2)c1. The lowest BCUT2D eigenvalue weighted by Crippen LogP contribution is -2.46. The summed E-state index contributed by atoms with van der Waals surface area (Å²) < 4.78 is 1.18. The number of aryl methyl sites for hydroxylation is 1. The van der Waals surface area contributed by atoms with Gasteiger partial charge < -0.3 is 10.2 Å². The summed E-state index contributed by atoms with van der Waals surface area (Å²) >= 11 is 3.68. The fraction of sp³-hybridized carbons (Fsp3) is 0.294. The summed E-state index contributed by atoms with van der Waals surface area (Å²) in [6, 6.07) is 17.6. The van der Waals surface area contributed by atoms with Crippen molar-refractivity contribution in [3.8, 4) is 0 Å². The fourth-order valence-corrected chi connectivity index (χ4v) is 3.24. The molecule has 1 unspecified atom stereocenters. The van der Waals surface area contributed by atoms with Crippen molar-refractivity contribution < 1.29 is 0 Å². The first-order chi connectivity index (χ1) is 9.74. The van der Waals surface area contributed by atoms with Gasteiger partial charge in [-0.3, -0.25) is 0 Å². The van der Waals surface area contributed by atoms with E-state index in [4.69, 9.17) is 0 Å². The molecular formula is C17H19BrN2. The van der Waals surface area contributed by atoms with Crippen LogP contribution >= 0.6 is 15.9 Å². The smallest absolute Gasteiger partial charge is 0.0514 e. The second-order valence-electron chi connectivity index (χ2n) is 5.32. The Morgan fingerprint density at radius 3 is 2.75 bits per heavy atom. The van der Waals surface area contributed by atoms with E-state index in [0.29, 0.717) is 6.04 Å². The molecule has 1 aliphatic heterocycles. The zero-order valence-electron chi connectivity index (χ0n) is 11.6. The van der Waals surface area contributed by atoms with Gasteiger partial charge in [-0.2, -0.15) is 0 Å². The molecule has 0 spiro atoms. The summed E-state index contributed by atoms with van der Waals surface area (Å²) in [6.07, 6.45) is 0. The van der Waals surface area contributed by atoms with Gasteiger partial charge >= 0.3 is 0 Å². The van der Waals surface area contributed by atoms with Crippen molar-refractivity contribution in [3.63, 3.8) is 0 Å². The van der Waals surface area contributed by atoms with Crippen molar-refractivity contribution in [1.29, 1.82) is 0 Å². The normalized spacial score (nSPS) is 19.1. The molecule has 1 heterocycles. The molecule has 104 valence electrons. The van der Waals surface area contributed by atoms with E-state index < -0.39 is 0 Å². The third-order valence-corrected chi connectivity index (χ3v) is 4.49. The Balaban J connectivity index is 1.83. The van der Waals surface area contributed by atoms with E-state index in [0.717, 1.165) is 19.6 Å². The Labute approximate surface area is 128 Å². The zero-order chi connectivity index (χ0) is 13.9. The molecular weight excluding hydrogens is 312 g/mol. The molecule has 0 amide bonds. The maximum Gasteiger partial charge on any atom is 0.0514 e. The topological polar surface area (TPSA) is 15.3 Å². The Morgan fingerprint density at radius 2 is 1.95 bits per heavy atom. The molecule has 0 aromatic heterocycles. The molecule has 0 bridgehead atoms. The Kier molecular flexibility index (Phi) is 4.08. The largest absolute Gasteiger partial charge is 0.367 e. The number of halogens is 1. The quantitative estimate of drug-likeness (QED) is 0.898. The first-order valence-corrected chi connectivity index (χ1v) is 7.83. The number of anilines is 1. The van der Waals surface area contributed by atoms with E-state index in [2.05, 4.69) is 81.6 Å². The molecule has 20 heavy (non-hydrogen) atoms. The van der Waals surface area contributed by atoms with Gasteiger partial charge in [0.25, 0.3) is 0 Å². The van der Waals surface area contributed by atoms with Crippen LogP contribution in [0.25, 0.3) is 0 Å². The van der Waals surface area contributed by atoms with Gasteiger partial charge in [-0.1, -0.05) is 36.4 Å². The van der Waals surface area contributed by atoms with Crippen LogP contribution in [0.5, 0.6) is 0 Å². The van der Waals surface area contributed by atoms with Crippen molar-refractivity contribution in [2.75, 3.05) is 24.5 Å². The van der Waals surface area contributed by atoms with Gasteiger partial charge in [0, 0.05) is 30.1 Å². The minimum absolute atomic E-state index is 0.400. The van der Waals surface area contributed by atoms with E-state index in [-0.39, 0.29) is 0 Å². The van der Waals surface area contributed by atoms with E-state index in [1.807, 2.05) is 0 Å². The van der Waals surface area contributed by atoms with Crippen LogP contribution in [-0.2, 0) is 0 Å². The summed E-state index contributed by atoms with van der Waals surface area (Å²) in [7, 11) is 0. The number of hydrogen-bond donors (Lipinski definition) is 1. The Bertz CT molecular complexity index is 583. The number of nitrogens with zero attached hydrogens (tertiary/aromatic N) is 1. The lowest BCUT2D eigenvalue weighted by Gasteiger charge is -2.36. The van der Waals surface area contributed by atoms with Crippen LogP contribution in [0.2, 0.25) is 0 Å². The standard InChI is InChI=1S/C17H19BrN2/c1-13-7-8-15(18)17(11-13)20-10-9-19-16(12-20)14-5-3-2-4-6-14/h2-8,11,16,19H,9-10,12H2,1H3. The van der Waals surface area contributed by atoms with Crippen molar-refractivity contribution in [2.24, 2.45) is 0 Å². The highest BCUT2D eigenvalue weighted by molar-refractivity contribution is 9.10. The highest BCUT2D eigenvalue weighted by Gasteiger charge is 2.22. The third kappa shape index (κ3) is 2.89. The second-order valence-corrected chi connectivity index (χ2v) is 6.17. The molecule has 1 atom stereocenters. The number of benzene rings is 2. The van der Waals surface area contributed by atoms with Crippen LogP contribution in [0.15, 0.2) is 53.0 Å². The van der Waals surface area contributed by atoms with Crippen LogP contribution in [0, 0.1) is 6.92 Å². The molecule has 2 nitrogen and oxygen atoms in total. The van der Waals surface area contributed by atoms with E-state index in [1.165, 1.54) is 21.3 Å². The lowest BCUT2D eigenvalue weighted by molar-refractivity contribution is 0.471. The van der Waals surface area contributed by atoms with E-state index >= 15 is 0 Å². The van der Waals surface area contributed by atoms with Crippen LogP contribution in [0.3, 0.4) is 0 Å². The summed E-state index contributed by atoms with van der Waals surface area (Å²) in [5.41, 5.74) is 3.96. The molecule has 1 saturated heterocycles. The minimum atomic E-state index is 0.400. The molecule has 3 rings (SSSR count). The van der Waals surface area contributed by atoms with Gasteiger partial charge in [-0.15, -0.1) is 0 Å². The average molecular weight is 331 g/mol. The zero-order valence-corrected chi connectivity index (χ0v) is 13.2. The Morgan fingerprint density at radius 1 is 1.15 bits per heavy atom. The summed E-state index contributed by atoms with van der Waals surface area (Å²) in [4.78, 5) is 2.46. The van der Waals surface area contributed by atoms with Gasteiger partial charge in [0.15, 0.2) is 0 Å². The minimum Gasteiger partial charge on any atom is -0.367 e. The van der Waals surface area contributed by atoms with Gasteiger partial charge in [0.1, 0.15) is 0 Å². The lowest BCUT2D eigenvalue weighted by atomic mass is 10.0. The molecule has 1 N–H and O–H groups in total. The van der Waals surface area contributed by atoms with Crippen LogP contribution in [-0.4, -0.2) is 19.6 Å². The van der Waals surface area contributed by atoms with Gasteiger partial charge in [-0.25, -0.2) is 0 Å². The second kappa shape index (κ2) is 5.98. The maximum atomic E-state index is 3.68. The number of piperazine rings is 1. The monoisotopic (exact) mass is 330 g/mol. The van der Waals surface area contributed by atoms with Crippen molar-refractivity contribution in [2.45, 2.75) is 13.0 Å². The maximum absolute atomic E-state index is 3.68. The molecule has 1 fully saturated rings. The number of hydrogen-bond acceptors (Lipinski definition) is 2. The van der Waals surface area contributed by atoms with E-state index in [9.17, 15) is 0 Å². The molecule has 3 heteroatoms. The summed E-state index contributed by atoms with van der Waals surface area (Å²) in [5, 5.41) is 3.61. The highest BCUT2D eigenvalue weighted by atomic mass is 79.9. The number of rotatable bonds is 2. The molecule has 0 saturated carbocycles. The van der Waals surface area contributed by atoms with Gasteiger partial charge in [-0.05, 0) is 46.1 Å². The molecule has 2 aromatic rings. The first kappa shape index (κ1) is 13.7. The average Bonchev–Trinajstić information content (AvgIpc) is 2.51. The summed E-state index contributed by atoms with van der Waals surface area (Å²) in [5.74, 6) is 0.